The number of hydrogen-bond acceptors (Lipinski definition) is 4. The SMILES string of the molecule is CCOC(=O)C(C)c1ccc(C2(N)CCOC2)cc1. The molecule has 0 aromatic heterocycles. The van der Waals surface area contributed by atoms with E-state index in [2.05, 4.69) is 0 Å². The Labute approximate surface area is 113 Å². The molecule has 1 aliphatic heterocycles. The molecule has 1 saturated heterocycles. The molecule has 104 valence electrons. The Hall–Kier alpha value is -1.39. The zero-order valence-electron chi connectivity index (χ0n) is 11.5. The first-order valence-corrected chi connectivity index (χ1v) is 6.70. The van der Waals surface area contributed by atoms with E-state index in [-0.39, 0.29) is 17.4 Å². The number of nitrogens with two attached hydrogens (primary N) is 1. The van der Waals surface area contributed by atoms with Crippen LogP contribution in [0.2, 0.25) is 0 Å². The standard InChI is InChI=1S/C15H21NO3/c1-3-19-14(17)11(2)12-4-6-13(7-5-12)15(16)8-9-18-10-15/h4-7,11H,3,8-10,16H2,1-2H3. The van der Waals surface area contributed by atoms with Crippen molar-refractivity contribution < 1.29 is 14.3 Å². The van der Waals surface area contributed by atoms with Crippen LogP contribution in [0, 0.1) is 0 Å². The van der Waals surface area contributed by atoms with E-state index in [1.54, 1.807) is 0 Å². The van der Waals surface area contributed by atoms with Gasteiger partial charge in [0.25, 0.3) is 0 Å². The number of esters is 1. The normalized spacial score (nSPS) is 24.2. The molecule has 0 amide bonds. The molecular formula is C15H21NO3. The Morgan fingerprint density at radius 1 is 1.47 bits per heavy atom. The highest BCUT2D eigenvalue weighted by Gasteiger charge is 2.32. The van der Waals surface area contributed by atoms with Gasteiger partial charge in [0.15, 0.2) is 0 Å². The summed E-state index contributed by atoms with van der Waals surface area (Å²) in [6.45, 7) is 5.33. The van der Waals surface area contributed by atoms with Gasteiger partial charge in [0, 0.05) is 6.61 Å². The van der Waals surface area contributed by atoms with Gasteiger partial charge >= 0.3 is 5.97 Å². The minimum atomic E-state index is -0.383. The van der Waals surface area contributed by atoms with Crippen LogP contribution in [0.15, 0.2) is 24.3 Å². The van der Waals surface area contributed by atoms with E-state index in [0.717, 1.165) is 17.5 Å². The average Bonchev–Trinajstić information content (AvgIpc) is 2.86. The number of rotatable bonds is 4. The highest BCUT2D eigenvalue weighted by atomic mass is 16.5. The van der Waals surface area contributed by atoms with Gasteiger partial charge in [0.05, 0.1) is 24.7 Å². The third-order valence-corrected chi connectivity index (χ3v) is 3.68. The predicted octanol–water partition coefficient (Wildman–Crippen LogP) is 1.93. The molecule has 1 heterocycles. The van der Waals surface area contributed by atoms with Crippen molar-refractivity contribution in [3.05, 3.63) is 35.4 Å². The molecule has 2 unspecified atom stereocenters. The number of carbonyl (C=O) groups is 1. The van der Waals surface area contributed by atoms with E-state index in [9.17, 15) is 4.79 Å². The lowest BCUT2D eigenvalue weighted by atomic mass is 9.88. The first-order chi connectivity index (χ1) is 9.07. The van der Waals surface area contributed by atoms with Gasteiger partial charge in [0.2, 0.25) is 0 Å². The molecule has 0 spiro atoms. The molecule has 1 aliphatic rings. The van der Waals surface area contributed by atoms with Crippen molar-refractivity contribution in [3.63, 3.8) is 0 Å². The Balaban J connectivity index is 2.12. The zero-order valence-corrected chi connectivity index (χ0v) is 11.5. The summed E-state index contributed by atoms with van der Waals surface area (Å²) in [7, 11) is 0. The van der Waals surface area contributed by atoms with Crippen LogP contribution in [-0.4, -0.2) is 25.8 Å². The van der Waals surface area contributed by atoms with E-state index in [1.165, 1.54) is 0 Å². The maximum Gasteiger partial charge on any atom is 0.313 e. The lowest BCUT2D eigenvalue weighted by molar-refractivity contribution is -0.144. The average molecular weight is 263 g/mol. The monoisotopic (exact) mass is 263 g/mol. The number of carbonyl (C=O) groups excluding carboxylic acids is 1. The van der Waals surface area contributed by atoms with Crippen LogP contribution in [-0.2, 0) is 19.8 Å². The van der Waals surface area contributed by atoms with Crippen molar-refractivity contribution >= 4 is 5.97 Å². The van der Waals surface area contributed by atoms with Crippen molar-refractivity contribution in [3.8, 4) is 0 Å². The molecule has 2 rings (SSSR count). The third-order valence-electron chi connectivity index (χ3n) is 3.68. The molecule has 19 heavy (non-hydrogen) atoms. The Kier molecular flexibility index (Phi) is 4.22. The largest absolute Gasteiger partial charge is 0.466 e. The van der Waals surface area contributed by atoms with Gasteiger partial charge in [0.1, 0.15) is 0 Å². The topological polar surface area (TPSA) is 61.5 Å². The molecule has 4 nitrogen and oxygen atoms in total. The molecule has 4 heteroatoms. The third kappa shape index (κ3) is 2.96. The van der Waals surface area contributed by atoms with Gasteiger partial charge in [-0.2, -0.15) is 0 Å². The maximum absolute atomic E-state index is 11.7. The van der Waals surface area contributed by atoms with Crippen molar-refractivity contribution in [1.29, 1.82) is 0 Å². The Morgan fingerprint density at radius 3 is 2.68 bits per heavy atom. The minimum Gasteiger partial charge on any atom is -0.466 e. The predicted molar refractivity (Wildman–Crippen MR) is 72.8 cm³/mol. The van der Waals surface area contributed by atoms with Crippen molar-refractivity contribution in [2.75, 3.05) is 19.8 Å². The summed E-state index contributed by atoms with van der Waals surface area (Å²) in [5.41, 5.74) is 7.92. The zero-order chi connectivity index (χ0) is 13.9. The quantitative estimate of drug-likeness (QED) is 0.843. The van der Waals surface area contributed by atoms with Gasteiger partial charge in [-0.25, -0.2) is 0 Å². The number of benzene rings is 1. The van der Waals surface area contributed by atoms with Crippen molar-refractivity contribution in [1.82, 2.24) is 0 Å². The van der Waals surface area contributed by atoms with Gasteiger partial charge < -0.3 is 15.2 Å². The Morgan fingerprint density at radius 2 is 2.16 bits per heavy atom. The van der Waals surface area contributed by atoms with Crippen LogP contribution in [0.4, 0.5) is 0 Å². The molecular weight excluding hydrogens is 242 g/mol. The summed E-state index contributed by atoms with van der Waals surface area (Å²) in [4.78, 5) is 11.7. The second-order valence-corrected chi connectivity index (χ2v) is 5.05. The van der Waals surface area contributed by atoms with Crippen LogP contribution in [0.3, 0.4) is 0 Å². The molecule has 1 aromatic carbocycles. The maximum atomic E-state index is 11.7. The van der Waals surface area contributed by atoms with Crippen LogP contribution in [0.1, 0.15) is 37.3 Å². The molecule has 2 atom stereocenters. The van der Waals surface area contributed by atoms with Crippen molar-refractivity contribution in [2.24, 2.45) is 5.73 Å². The van der Waals surface area contributed by atoms with Crippen LogP contribution >= 0.6 is 0 Å². The highest BCUT2D eigenvalue weighted by molar-refractivity contribution is 5.77. The fraction of sp³-hybridized carbons (Fsp3) is 0.533. The van der Waals surface area contributed by atoms with E-state index in [1.807, 2.05) is 38.1 Å². The molecule has 0 saturated carbocycles. The summed E-state index contributed by atoms with van der Waals surface area (Å²) in [5, 5.41) is 0. The van der Waals surface area contributed by atoms with Gasteiger partial charge in [-0.3, -0.25) is 4.79 Å². The van der Waals surface area contributed by atoms with Gasteiger partial charge in [-0.1, -0.05) is 24.3 Å². The molecule has 1 aromatic rings. The number of ether oxygens (including phenoxy) is 2. The van der Waals surface area contributed by atoms with Crippen LogP contribution in [0.25, 0.3) is 0 Å². The summed E-state index contributed by atoms with van der Waals surface area (Å²) in [5.74, 6) is -0.440. The van der Waals surface area contributed by atoms with Crippen molar-refractivity contribution in [2.45, 2.75) is 31.7 Å². The summed E-state index contributed by atoms with van der Waals surface area (Å²) in [6.07, 6.45) is 0.833. The van der Waals surface area contributed by atoms with E-state index < -0.39 is 0 Å². The van der Waals surface area contributed by atoms with Gasteiger partial charge in [-0.15, -0.1) is 0 Å². The second-order valence-electron chi connectivity index (χ2n) is 5.05. The molecule has 0 bridgehead atoms. The summed E-state index contributed by atoms with van der Waals surface area (Å²) in [6, 6.07) is 7.87. The fourth-order valence-electron chi connectivity index (χ4n) is 2.32. The first kappa shape index (κ1) is 14.0. The fourth-order valence-corrected chi connectivity index (χ4v) is 2.32. The van der Waals surface area contributed by atoms with E-state index in [4.69, 9.17) is 15.2 Å². The van der Waals surface area contributed by atoms with Crippen LogP contribution < -0.4 is 5.73 Å². The first-order valence-electron chi connectivity index (χ1n) is 6.70. The second kappa shape index (κ2) is 5.72. The van der Waals surface area contributed by atoms with Gasteiger partial charge in [-0.05, 0) is 31.4 Å². The molecule has 0 radical (unpaired) electrons. The smallest absolute Gasteiger partial charge is 0.313 e. The highest BCUT2D eigenvalue weighted by Crippen LogP contribution is 2.29. The molecule has 1 fully saturated rings. The van der Waals surface area contributed by atoms with E-state index >= 15 is 0 Å². The van der Waals surface area contributed by atoms with Crippen LogP contribution in [0.5, 0.6) is 0 Å². The van der Waals surface area contributed by atoms with E-state index in [0.29, 0.717) is 19.8 Å². The molecule has 2 N–H and O–H groups in total. The molecule has 0 aliphatic carbocycles. The summed E-state index contributed by atoms with van der Waals surface area (Å²) >= 11 is 0. The summed E-state index contributed by atoms with van der Waals surface area (Å²) < 4.78 is 10.4. The number of hydrogen-bond donors (Lipinski definition) is 1. The Bertz CT molecular complexity index is 435. The lowest BCUT2D eigenvalue weighted by Crippen LogP contribution is -2.36. The lowest BCUT2D eigenvalue weighted by Gasteiger charge is -2.23. The minimum absolute atomic E-state index is 0.193.